The summed E-state index contributed by atoms with van der Waals surface area (Å²) in [6.45, 7) is 4.41. The van der Waals surface area contributed by atoms with Crippen LogP contribution in [-0.4, -0.2) is 25.7 Å². The number of nitrogens with two attached hydrogens (primary N) is 1. The maximum Gasteiger partial charge on any atom is 0.227 e. The average molecular weight is 250 g/mol. The number of para-hydroxylation sites is 1. The van der Waals surface area contributed by atoms with Crippen LogP contribution in [0, 0.1) is 6.92 Å². The minimum Gasteiger partial charge on any atom is -0.380 e. The Hall–Kier alpha value is -1.39. The number of anilines is 1. The maximum absolute atomic E-state index is 11.9. The summed E-state index contributed by atoms with van der Waals surface area (Å²) in [6.07, 6.45) is 0.950. The molecule has 0 fully saturated rings. The number of hydrogen-bond acceptors (Lipinski definition) is 3. The Labute approximate surface area is 109 Å². The number of ether oxygens (including phenoxy) is 1. The molecule has 0 heterocycles. The Balaban J connectivity index is 2.75. The van der Waals surface area contributed by atoms with Crippen LogP contribution in [0.15, 0.2) is 18.2 Å². The molecular weight excluding hydrogens is 228 g/mol. The summed E-state index contributed by atoms with van der Waals surface area (Å²) in [5.41, 5.74) is 8.64. The molecule has 0 saturated carbocycles. The van der Waals surface area contributed by atoms with E-state index in [1.807, 2.05) is 25.1 Å². The molecule has 1 atom stereocenters. The molecule has 100 valence electrons. The number of methoxy groups -OCH3 is 1. The molecule has 1 aromatic carbocycles. The van der Waals surface area contributed by atoms with Crippen molar-refractivity contribution in [3.8, 4) is 0 Å². The second-order valence-corrected chi connectivity index (χ2v) is 4.31. The first-order valence-electron chi connectivity index (χ1n) is 6.23. The molecule has 0 radical (unpaired) electrons. The average Bonchev–Trinajstić information content (AvgIpc) is 2.38. The van der Waals surface area contributed by atoms with Gasteiger partial charge in [-0.2, -0.15) is 0 Å². The predicted molar refractivity (Wildman–Crippen MR) is 73.7 cm³/mol. The number of aryl methyl sites for hydroxylation is 2. The fraction of sp³-hybridized carbons (Fsp3) is 0.500. The van der Waals surface area contributed by atoms with Crippen LogP contribution in [0.1, 0.15) is 24.5 Å². The van der Waals surface area contributed by atoms with E-state index in [0.29, 0.717) is 6.54 Å². The van der Waals surface area contributed by atoms with Crippen molar-refractivity contribution in [1.82, 2.24) is 0 Å². The molecule has 4 nitrogen and oxygen atoms in total. The van der Waals surface area contributed by atoms with Gasteiger partial charge in [-0.05, 0) is 24.5 Å². The zero-order valence-electron chi connectivity index (χ0n) is 11.3. The zero-order valence-corrected chi connectivity index (χ0v) is 11.3. The number of nitrogens with one attached hydrogen (secondary N) is 1. The lowest BCUT2D eigenvalue weighted by Gasteiger charge is -2.16. The molecule has 1 unspecified atom stereocenters. The first-order chi connectivity index (χ1) is 8.62. The van der Waals surface area contributed by atoms with Crippen LogP contribution in [0.2, 0.25) is 0 Å². The highest BCUT2D eigenvalue weighted by Crippen LogP contribution is 2.21. The Morgan fingerprint density at radius 2 is 2.22 bits per heavy atom. The summed E-state index contributed by atoms with van der Waals surface area (Å²) in [7, 11) is 1.57. The third kappa shape index (κ3) is 3.82. The molecular formula is C14H22N2O2. The summed E-state index contributed by atoms with van der Waals surface area (Å²) in [6, 6.07) is 6.02. The van der Waals surface area contributed by atoms with Gasteiger partial charge >= 0.3 is 0 Å². The van der Waals surface area contributed by atoms with Crippen molar-refractivity contribution in [2.75, 3.05) is 19.0 Å². The molecule has 18 heavy (non-hydrogen) atoms. The summed E-state index contributed by atoms with van der Waals surface area (Å²) < 4.78 is 5.11. The fourth-order valence-electron chi connectivity index (χ4n) is 1.86. The largest absolute Gasteiger partial charge is 0.380 e. The lowest BCUT2D eigenvalue weighted by atomic mass is 10.1. The number of benzene rings is 1. The first-order valence-corrected chi connectivity index (χ1v) is 6.23. The Kier molecular flexibility index (Phi) is 5.82. The summed E-state index contributed by atoms with van der Waals surface area (Å²) in [5.74, 6) is -0.0590. The van der Waals surface area contributed by atoms with Crippen LogP contribution >= 0.6 is 0 Å². The standard InChI is InChI=1S/C14H22N2O2/c1-4-11-7-5-6-10(2)14(11)16-13(17)8-12(9-15)18-3/h5-7,12H,4,8-9,15H2,1-3H3,(H,16,17). The van der Waals surface area contributed by atoms with E-state index in [0.717, 1.165) is 23.2 Å². The van der Waals surface area contributed by atoms with E-state index in [4.69, 9.17) is 10.5 Å². The number of hydrogen-bond donors (Lipinski definition) is 2. The molecule has 1 aromatic rings. The fourth-order valence-corrected chi connectivity index (χ4v) is 1.86. The third-order valence-electron chi connectivity index (χ3n) is 3.01. The first kappa shape index (κ1) is 14.7. The van der Waals surface area contributed by atoms with Crippen LogP contribution in [0.4, 0.5) is 5.69 Å². The van der Waals surface area contributed by atoms with Gasteiger partial charge in [0, 0.05) is 19.3 Å². The molecule has 4 heteroatoms. The molecule has 3 N–H and O–H groups in total. The van der Waals surface area contributed by atoms with Crippen LogP contribution in [0.25, 0.3) is 0 Å². The number of amides is 1. The minimum absolute atomic E-state index is 0.0590. The lowest BCUT2D eigenvalue weighted by Crippen LogP contribution is -2.28. The number of rotatable bonds is 6. The van der Waals surface area contributed by atoms with Gasteiger partial charge in [0.15, 0.2) is 0 Å². The SMILES string of the molecule is CCc1cccc(C)c1NC(=O)CC(CN)OC. The topological polar surface area (TPSA) is 64.4 Å². The highest BCUT2D eigenvalue weighted by atomic mass is 16.5. The normalized spacial score (nSPS) is 12.2. The van der Waals surface area contributed by atoms with Gasteiger partial charge in [-0.1, -0.05) is 25.1 Å². The number of carbonyl (C=O) groups excluding carboxylic acids is 1. The molecule has 0 aliphatic carbocycles. The second-order valence-electron chi connectivity index (χ2n) is 4.31. The van der Waals surface area contributed by atoms with Crippen molar-refractivity contribution >= 4 is 11.6 Å². The van der Waals surface area contributed by atoms with E-state index < -0.39 is 0 Å². The van der Waals surface area contributed by atoms with Gasteiger partial charge in [-0.3, -0.25) is 4.79 Å². The highest BCUT2D eigenvalue weighted by molar-refractivity contribution is 5.92. The molecule has 1 amide bonds. The third-order valence-corrected chi connectivity index (χ3v) is 3.01. The lowest BCUT2D eigenvalue weighted by molar-refractivity contribution is -0.118. The molecule has 0 aliphatic heterocycles. The van der Waals surface area contributed by atoms with Gasteiger partial charge in [0.25, 0.3) is 0 Å². The van der Waals surface area contributed by atoms with Crippen molar-refractivity contribution < 1.29 is 9.53 Å². The summed E-state index contributed by atoms with van der Waals surface area (Å²) in [4.78, 5) is 11.9. The van der Waals surface area contributed by atoms with E-state index >= 15 is 0 Å². The minimum atomic E-state index is -0.223. The van der Waals surface area contributed by atoms with Gasteiger partial charge < -0.3 is 15.8 Å². The second kappa shape index (κ2) is 7.13. The van der Waals surface area contributed by atoms with Crippen molar-refractivity contribution in [3.05, 3.63) is 29.3 Å². The van der Waals surface area contributed by atoms with E-state index in [9.17, 15) is 4.79 Å². The Bertz CT molecular complexity index is 401. The van der Waals surface area contributed by atoms with Crippen LogP contribution in [-0.2, 0) is 16.0 Å². The monoisotopic (exact) mass is 250 g/mol. The van der Waals surface area contributed by atoms with Gasteiger partial charge in [0.2, 0.25) is 5.91 Å². The molecule has 0 aromatic heterocycles. The van der Waals surface area contributed by atoms with Gasteiger partial charge in [-0.25, -0.2) is 0 Å². The smallest absolute Gasteiger partial charge is 0.227 e. The van der Waals surface area contributed by atoms with E-state index in [1.54, 1.807) is 7.11 Å². The van der Waals surface area contributed by atoms with Crippen molar-refractivity contribution in [1.29, 1.82) is 0 Å². The zero-order chi connectivity index (χ0) is 13.5. The van der Waals surface area contributed by atoms with Crippen molar-refractivity contribution in [2.24, 2.45) is 5.73 Å². The van der Waals surface area contributed by atoms with Gasteiger partial charge in [0.1, 0.15) is 0 Å². The highest BCUT2D eigenvalue weighted by Gasteiger charge is 2.13. The Morgan fingerprint density at radius 3 is 2.78 bits per heavy atom. The summed E-state index contributed by atoms with van der Waals surface area (Å²) in [5, 5.41) is 2.95. The van der Waals surface area contributed by atoms with Gasteiger partial charge in [0.05, 0.1) is 12.5 Å². The molecule has 0 spiro atoms. The van der Waals surface area contributed by atoms with Crippen molar-refractivity contribution in [3.63, 3.8) is 0 Å². The molecule has 0 saturated heterocycles. The van der Waals surface area contributed by atoms with Crippen LogP contribution < -0.4 is 11.1 Å². The van der Waals surface area contributed by atoms with E-state index in [2.05, 4.69) is 12.2 Å². The summed E-state index contributed by atoms with van der Waals surface area (Å²) >= 11 is 0. The quantitative estimate of drug-likeness (QED) is 0.810. The van der Waals surface area contributed by atoms with E-state index in [-0.39, 0.29) is 18.4 Å². The molecule has 1 rings (SSSR count). The Morgan fingerprint density at radius 1 is 1.50 bits per heavy atom. The van der Waals surface area contributed by atoms with Crippen LogP contribution in [0.5, 0.6) is 0 Å². The van der Waals surface area contributed by atoms with E-state index in [1.165, 1.54) is 0 Å². The van der Waals surface area contributed by atoms with Gasteiger partial charge in [-0.15, -0.1) is 0 Å². The molecule has 0 bridgehead atoms. The van der Waals surface area contributed by atoms with Crippen LogP contribution in [0.3, 0.4) is 0 Å². The maximum atomic E-state index is 11.9. The van der Waals surface area contributed by atoms with Crippen molar-refractivity contribution in [2.45, 2.75) is 32.8 Å². The predicted octanol–water partition coefficient (Wildman–Crippen LogP) is 1.86. The molecule has 0 aliphatic rings. The number of carbonyl (C=O) groups is 1.